The van der Waals surface area contributed by atoms with Crippen molar-refractivity contribution in [2.75, 3.05) is 14.1 Å². The first-order chi connectivity index (χ1) is 15.2. The Balaban J connectivity index is 3.27. The van der Waals surface area contributed by atoms with Crippen molar-refractivity contribution in [3.8, 4) is 0 Å². The Morgan fingerprint density at radius 2 is 1.55 bits per heavy atom. The van der Waals surface area contributed by atoms with Gasteiger partial charge >= 0.3 is 0 Å². The van der Waals surface area contributed by atoms with Gasteiger partial charge in [0.05, 0.1) is 12.1 Å². The molecule has 2 amide bonds. The zero-order valence-corrected chi connectivity index (χ0v) is 22.0. The molecule has 33 heavy (non-hydrogen) atoms. The van der Waals surface area contributed by atoms with Crippen LogP contribution in [0.4, 0.5) is 0 Å². The standard InChI is InChI=1S/C27H43N3O3/c1-18(2)21(16-19(3)17-31)30(10)25(33)23(26(4,5)6)29-24(32)22(28-9)27(7,8)20-14-12-11-13-15-20/h11-18,21-23,28H,1-10H3,(H,29,32)/b19-16+/t21-,22-,23-/m1/s1. The molecule has 0 heterocycles. The van der Waals surface area contributed by atoms with E-state index in [4.69, 9.17) is 0 Å². The normalized spacial score (nSPS) is 15.5. The highest BCUT2D eigenvalue weighted by Crippen LogP contribution is 2.29. The molecule has 1 aromatic carbocycles. The van der Waals surface area contributed by atoms with E-state index in [-0.39, 0.29) is 23.8 Å². The molecular formula is C27H43N3O3. The molecule has 184 valence electrons. The lowest BCUT2D eigenvalue weighted by molar-refractivity contribution is -0.140. The fourth-order valence-corrected chi connectivity index (χ4v) is 4.14. The Morgan fingerprint density at radius 1 is 1.00 bits per heavy atom. The summed E-state index contributed by atoms with van der Waals surface area (Å²) >= 11 is 0. The van der Waals surface area contributed by atoms with Crippen LogP contribution in [0.25, 0.3) is 0 Å². The van der Waals surface area contributed by atoms with E-state index < -0.39 is 22.9 Å². The fourth-order valence-electron chi connectivity index (χ4n) is 4.14. The molecule has 0 aliphatic heterocycles. The number of carbonyl (C=O) groups is 3. The molecule has 0 aliphatic rings. The number of aldehydes is 1. The van der Waals surface area contributed by atoms with Gasteiger partial charge in [-0.25, -0.2) is 0 Å². The zero-order valence-electron chi connectivity index (χ0n) is 22.0. The highest BCUT2D eigenvalue weighted by molar-refractivity contribution is 5.91. The fraction of sp³-hybridized carbons (Fsp3) is 0.593. The average molecular weight is 458 g/mol. The Morgan fingerprint density at radius 3 is 1.97 bits per heavy atom. The summed E-state index contributed by atoms with van der Waals surface area (Å²) in [5.74, 6) is -0.308. The van der Waals surface area contributed by atoms with Gasteiger partial charge in [-0.05, 0) is 36.4 Å². The number of rotatable bonds is 10. The summed E-state index contributed by atoms with van der Waals surface area (Å²) in [6, 6.07) is 8.34. The molecule has 1 aromatic rings. The molecule has 0 fully saturated rings. The van der Waals surface area contributed by atoms with Gasteiger partial charge < -0.3 is 15.5 Å². The molecule has 2 N–H and O–H groups in total. The third kappa shape index (κ3) is 7.26. The van der Waals surface area contributed by atoms with Gasteiger partial charge in [0.2, 0.25) is 11.8 Å². The van der Waals surface area contributed by atoms with E-state index in [1.807, 2.05) is 84.9 Å². The number of nitrogens with one attached hydrogen (secondary N) is 2. The predicted molar refractivity (Wildman–Crippen MR) is 135 cm³/mol. The maximum absolute atomic E-state index is 13.6. The van der Waals surface area contributed by atoms with E-state index in [0.29, 0.717) is 5.57 Å². The molecule has 1 rings (SSSR count). The van der Waals surface area contributed by atoms with Crippen molar-refractivity contribution in [3.63, 3.8) is 0 Å². The summed E-state index contributed by atoms with van der Waals surface area (Å²) in [7, 11) is 3.49. The SMILES string of the molecule is CN[C@H](C(=O)N[C@H](C(=O)N(C)[C@H](/C=C(\C)C=O)C(C)C)C(C)(C)C)C(C)(C)c1ccccc1. The summed E-state index contributed by atoms with van der Waals surface area (Å²) in [6.07, 6.45) is 2.60. The van der Waals surface area contributed by atoms with E-state index in [9.17, 15) is 14.4 Å². The first-order valence-electron chi connectivity index (χ1n) is 11.6. The largest absolute Gasteiger partial charge is 0.342 e. The number of benzene rings is 1. The van der Waals surface area contributed by atoms with Crippen LogP contribution >= 0.6 is 0 Å². The Kier molecular flexibility index (Phi) is 10.0. The van der Waals surface area contributed by atoms with Gasteiger partial charge in [-0.1, -0.05) is 84.9 Å². The first kappa shape index (κ1) is 28.6. The molecule has 0 saturated carbocycles. The van der Waals surface area contributed by atoms with E-state index in [0.717, 1.165) is 11.8 Å². The van der Waals surface area contributed by atoms with Crippen molar-refractivity contribution in [2.24, 2.45) is 11.3 Å². The van der Waals surface area contributed by atoms with Crippen LogP contribution in [0.2, 0.25) is 0 Å². The molecule has 0 unspecified atom stereocenters. The van der Waals surface area contributed by atoms with Crippen molar-refractivity contribution in [3.05, 3.63) is 47.5 Å². The van der Waals surface area contributed by atoms with E-state index in [1.165, 1.54) is 0 Å². The maximum atomic E-state index is 13.6. The van der Waals surface area contributed by atoms with Crippen molar-refractivity contribution in [1.82, 2.24) is 15.5 Å². The van der Waals surface area contributed by atoms with E-state index >= 15 is 0 Å². The number of allylic oxidation sites excluding steroid dienone is 1. The predicted octanol–water partition coefficient (Wildman–Crippen LogP) is 3.71. The Hall–Kier alpha value is -2.47. The smallest absolute Gasteiger partial charge is 0.245 e. The highest BCUT2D eigenvalue weighted by Gasteiger charge is 2.41. The van der Waals surface area contributed by atoms with Crippen molar-refractivity contribution in [2.45, 2.75) is 78.9 Å². The van der Waals surface area contributed by atoms with Gasteiger partial charge in [0, 0.05) is 12.5 Å². The van der Waals surface area contributed by atoms with Crippen LogP contribution in [0.5, 0.6) is 0 Å². The van der Waals surface area contributed by atoms with Crippen LogP contribution in [-0.4, -0.2) is 55.2 Å². The number of likely N-dealkylation sites (N-methyl/N-ethyl adjacent to an activating group) is 2. The average Bonchev–Trinajstić information content (AvgIpc) is 2.74. The lowest BCUT2D eigenvalue weighted by Gasteiger charge is -2.39. The van der Waals surface area contributed by atoms with Crippen LogP contribution in [0.1, 0.15) is 61.0 Å². The summed E-state index contributed by atoms with van der Waals surface area (Å²) in [6.45, 7) is 15.6. The van der Waals surface area contributed by atoms with E-state index in [2.05, 4.69) is 10.6 Å². The summed E-state index contributed by atoms with van der Waals surface area (Å²) in [4.78, 5) is 40.0. The molecule has 0 saturated heterocycles. The number of nitrogens with zero attached hydrogens (tertiary/aromatic N) is 1. The van der Waals surface area contributed by atoms with Gasteiger partial charge in [0.25, 0.3) is 0 Å². The molecule has 0 spiro atoms. The van der Waals surface area contributed by atoms with Crippen LogP contribution < -0.4 is 10.6 Å². The molecule has 0 bridgehead atoms. The summed E-state index contributed by atoms with van der Waals surface area (Å²) in [5.41, 5.74) is 0.595. The van der Waals surface area contributed by atoms with Gasteiger partial charge in [0.1, 0.15) is 12.3 Å². The summed E-state index contributed by atoms with van der Waals surface area (Å²) < 4.78 is 0. The third-order valence-electron chi connectivity index (χ3n) is 6.29. The monoisotopic (exact) mass is 457 g/mol. The van der Waals surface area contributed by atoms with Crippen LogP contribution in [0, 0.1) is 11.3 Å². The molecular weight excluding hydrogens is 414 g/mol. The van der Waals surface area contributed by atoms with Crippen molar-refractivity contribution in [1.29, 1.82) is 0 Å². The number of carbonyl (C=O) groups excluding carboxylic acids is 3. The second-order valence-electron chi connectivity index (χ2n) is 10.8. The molecule has 6 nitrogen and oxygen atoms in total. The van der Waals surface area contributed by atoms with Crippen LogP contribution in [0.3, 0.4) is 0 Å². The van der Waals surface area contributed by atoms with Gasteiger partial charge in [-0.15, -0.1) is 0 Å². The van der Waals surface area contributed by atoms with E-state index in [1.54, 1.807) is 25.9 Å². The number of hydrogen-bond donors (Lipinski definition) is 2. The lowest BCUT2D eigenvalue weighted by Crippen LogP contribution is -2.61. The van der Waals surface area contributed by atoms with Crippen molar-refractivity contribution < 1.29 is 14.4 Å². The second-order valence-corrected chi connectivity index (χ2v) is 10.8. The molecule has 6 heteroatoms. The Bertz CT molecular complexity index is 838. The molecule has 0 aromatic heterocycles. The minimum Gasteiger partial charge on any atom is -0.342 e. The first-order valence-corrected chi connectivity index (χ1v) is 11.6. The lowest BCUT2D eigenvalue weighted by atomic mass is 9.76. The van der Waals surface area contributed by atoms with Crippen LogP contribution in [-0.2, 0) is 19.8 Å². The van der Waals surface area contributed by atoms with Crippen molar-refractivity contribution >= 4 is 18.1 Å². The number of amides is 2. The Labute approximate surface area is 200 Å². The summed E-state index contributed by atoms with van der Waals surface area (Å²) in [5, 5.41) is 6.20. The quantitative estimate of drug-likeness (QED) is 0.415. The molecule has 0 radical (unpaired) electrons. The minimum atomic E-state index is -0.733. The minimum absolute atomic E-state index is 0.104. The molecule has 0 aliphatic carbocycles. The van der Waals surface area contributed by atoms with Gasteiger partial charge in [-0.3, -0.25) is 14.4 Å². The third-order valence-corrected chi connectivity index (χ3v) is 6.29. The van der Waals surface area contributed by atoms with Gasteiger partial charge in [0.15, 0.2) is 0 Å². The molecule has 3 atom stereocenters. The highest BCUT2D eigenvalue weighted by atomic mass is 16.2. The van der Waals surface area contributed by atoms with Crippen LogP contribution in [0.15, 0.2) is 42.0 Å². The number of hydrogen-bond acceptors (Lipinski definition) is 4. The second kappa shape index (κ2) is 11.6. The maximum Gasteiger partial charge on any atom is 0.245 e. The van der Waals surface area contributed by atoms with Gasteiger partial charge in [-0.2, -0.15) is 0 Å². The zero-order chi connectivity index (χ0) is 25.6. The topological polar surface area (TPSA) is 78.5 Å².